The minimum Gasteiger partial charge on any atom is -0.363 e. The lowest BCUT2D eigenvalue weighted by atomic mass is 9.96. The number of nitrogens with zero attached hydrogens (tertiary/aromatic N) is 6. The number of carbonyl (C=O) groups is 1. The van der Waals surface area contributed by atoms with E-state index in [9.17, 15) is 13.2 Å². The molecule has 10 heteroatoms. The van der Waals surface area contributed by atoms with Gasteiger partial charge in [-0.1, -0.05) is 0 Å². The van der Waals surface area contributed by atoms with Crippen LogP contribution in [0.15, 0.2) is 6.07 Å². The second kappa shape index (κ2) is 8.20. The molecule has 0 N–H and O–H groups in total. The number of sulfonamides is 1. The molecule has 9 nitrogen and oxygen atoms in total. The molecule has 2 saturated heterocycles. The summed E-state index contributed by atoms with van der Waals surface area (Å²) >= 11 is 0. The van der Waals surface area contributed by atoms with E-state index in [1.165, 1.54) is 10.6 Å². The molecule has 1 aromatic heterocycles. The molecule has 1 aromatic rings. The molecular weight excluding hydrogens is 380 g/mol. The van der Waals surface area contributed by atoms with Gasteiger partial charge in [0.05, 0.1) is 6.26 Å². The molecule has 0 radical (unpaired) electrons. The molecule has 3 rings (SSSR count). The molecule has 0 bridgehead atoms. The molecule has 0 aromatic carbocycles. The first-order valence-electron chi connectivity index (χ1n) is 9.67. The van der Waals surface area contributed by atoms with E-state index in [1.54, 1.807) is 0 Å². The van der Waals surface area contributed by atoms with Crippen LogP contribution < -0.4 is 9.80 Å². The van der Waals surface area contributed by atoms with Crippen molar-refractivity contribution < 1.29 is 13.2 Å². The quantitative estimate of drug-likeness (QED) is 0.699. The first-order valence-corrected chi connectivity index (χ1v) is 11.5. The van der Waals surface area contributed by atoms with Gasteiger partial charge in [-0.3, -0.25) is 4.79 Å². The van der Waals surface area contributed by atoms with E-state index in [1.807, 2.05) is 36.9 Å². The fraction of sp³-hybridized carbons (Fsp3) is 0.722. The van der Waals surface area contributed by atoms with Crippen LogP contribution in [0.3, 0.4) is 0 Å². The van der Waals surface area contributed by atoms with Gasteiger partial charge in [0.2, 0.25) is 21.9 Å². The Morgan fingerprint density at radius 2 is 1.68 bits per heavy atom. The summed E-state index contributed by atoms with van der Waals surface area (Å²) in [6.45, 7) is 5.49. The molecule has 0 spiro atoms. The molecule has 2 fully saturated rings. The predicted octanol–water partition coefficient (Wildman–Crippen LogP) is 0.171. The van der Waals surface area contributed by atoms with Gasteiger partial charge in [0.15, 0.2) is 0 Å². The van der Waals surface area contributed by atoms with Crippen molar-refractivity contribution >= 4 is 27.7 Å². The number of hydrogen-bond acceptors (Lipinski definition) is 7. The van der Waals surface area contributed by atoms with Crippen LogP contribution in [0, 0.1) is 12.8 Å². The lowest BCUT2D eigenvalue weighted by Gasteiger charge is -2.38. The molecule has 28 heavy (non-hydrogen) atoms. The number of aryl methyl sites for hydroxylation is 1. The van der Waals surface area contributed by atoms with E-state index in [2.05, 4.69) is 14.9 Å². The van der Waals surface area contributed by atoms with Gasteiger partial charge in [-0.05, 0) is 19.8 Å². The van der Waals surface area contributed by atoms with Crippen molar-refractivity contribution in [2.24, 2.45) is 5.92 Å². The minimum atomic E-state index is -3.17. The molecule has 1 amide bonds. The van der Waals surface area contributed by atoms with Crippen molar-refractivity contribution in [3.63, 3.8) is 0 Å². The summed E-state index contributed by atoms with van der Waals surface area (Å²) < 4.78 is 24.7. The number of hydrogen-bond donors (Lipinski definition) is 0. The molecule has 0 unspecified atom stereocenters. The highest BCUT2D eigenvalue weighted by molar-refractivity contribution is 7.88. The van der Waals surface area contributed by atoms with Crippen molar-refractivity contribution in [1.29, 1.82) is 0 Å². The number of anilines is 2. The Bertz CT molecular complexity index is 813. The Morgan fingerprint density at radius 3 is 2.21 bits per heavy atom. The third-order valence-electron chi connectivity index (χ3n) is 5.43. The zero-order valence-electron chi connectivity index (χ0n) is 17.1. The third kappa shape index (κ3) is 4.72. The summed E-state index contributed by atoms with van der Waals surface area (Å²) in [5.74, 6) is 1.64. The lowest BCUT2D eigenvalue weighted by molar-refractivity contribution is -0.137. The highest BCUT2D eigenvalue weighted by Crippen LogP contribution is 2.23. The van der Waals surface area contributed by atoms with Gasteiger partial charge in [-0.15, -0.1) is 0 Å². The van der Waals surface area contributed by atoms with Crippen LogP contribution in [-0.4, -0.2) is 93.1 Å². The van der Waals surface area contributed by atoms with Gasteiger partial charge >= 0.3 is 0 Å². The number of rotatable bonds is 4. The number of carbonyl (C=O) groups excluding carboxylic acids is 1. The van der Waals surface area contributed by atoms with Gasteiger partial charge in [-0.2, -0.15) is 4.98 Å². The monoisotopic (exact) mass is 410 g/mol. The van der Waals surface area contributed by atoms with Crippen LogP contribution in [0.2, 0.25) is 0 Å². The standard InChI is InChI=1S/C18H30N6O3S/c1-14-13-16(21(2)3)20-18(19-14)23-11-9-22(10-12-23)17(25)15-5-7-24(8-6-15)28(4,26)27/h13,15H,5-12H2,1-4H3. The maximum absolute atomic E-state index is 12.9. The normalized spacial score (nSPS) is 19.7. The number of piperazine rings is 1. The Hall–Kier alpha value is -1.94. The van der Waals surface area contributed by atoms with Crippen molar-refractivity contribution in [3.05, 3.63) is 11.8 Å². The van der Waals surface area contributed by atoms with Crippen LogP contribution in [0.25, 0.3) is 0 Å². The zero-order valence-corrected chi connectivity index (χ0v) is 17.9. The molecular formula is C18H30N6O3S. The second-order valence-electron chi connectivity index (χ2n) is 7.81. The molecule has 0 atom stereocenters. The van der Waals surface area contributed by atoms with Crippen LogP contribution in [0.1, 0.15) is 18.5 Å². The fourth-order valence-corrected chi connectivity index (χ4v) is 4.60. The maximum atomic E-state index is 12.9. The molecule has 0 aliphatic carbocycles. The van der Waals surface area contributed by atoms with Crippen LogP contribution >= 0.6 is 0 Å². The first kappa shape index (κ1) is 20.8. The second-order valence-corrected chi connectivity index (χ2v) is 9.79. The fourth-order valence-electron chi connectivity index (χ4n) is 3.73. The highest BCUT2D eigenvalue weighted by atomic mass is 32.2. The summed E-state index contributed by atoms with van der Waals surface area (Å²) in [4.78, 5) is 28.0. The van der Waals surface area contributed by atoms with Gasteiger partial charge in [-0.25, -0.2) is 17.7 Å². The molecule has 0 saturated carbocycles. The lowest BCUT2D eigenvalue weighted by Crippen LogP contribution is -2.52. The largest absolute Gasteiger partial charge is 0.363 e. The van der Waals surface area contributed by atoms with Crippen LogP contribution in [0.4, 0.5) is 11.8 Å². The maximum Gasteiger partial charge on any atom is 0.227 e. The van der Waals surface area contributed by atoms with E-state index in [0.717, 1.165) is 11.5 Å². The van der Waals surface area contributed by atoms with Gasteiger partial charge < -0.3 is 14.7 Å². The van der Waals surface area contributed by atoms with Crippen molar-refractivity contribution in [2.45, 2.75) is 19.8 Å². The minimum absolute atomic E-state index is 0.0832. The Kier molecular flexibility index (Phi) is 6.09. The number of aromatic nitrogens is 2. The zero-order chi connectivity index (χ0) is 20.5. The predicted molar refractivity (Wildman–Crippen MR) is 109 cm³/mol. The smallest absolute Gasteiger partial charge is 0.227 e. The first-order chi connectivity index (χ1) is 13.1. The highest BCUT2D eigenvalue weighted by Gasteiger charge is 2.33. The molecule has 3 heterocycles. The average Bonchev–Trinajstić information content (AvgIpc) is 2.66. The average molecular weight is 411 g/mol. The van der Waals surface area contributed by atoms with Crippen molar-refractivity contribution in [1.82, 2.24) is 19.2 Å². The summed E-state index contributed by atoms with van der Waals surface area (Å²) in [6.07, 6.45) is 2.42. The Labute approximate surface area is 167 Å². The third-order valence-corrected chi connectivity index (χ3v) is 6.74. The van der Waals surface area contributed by atoms with E-state index < -0.39 is 10.0 Å². The van der Waals surface area contributed by atoms with Crippen LogP contribution in [0.5, 0.6) is 0 Å². The number of amides is 1. The summed E-state index contributed by atoms with van der Waals surface area (Å²) in [7, 11) is 0.745. The molecule has 2 aliphatic rings. The van der Waals surface area contributed by atoms with E-state index in [0.29, 0.717) is 58.1 Å². The molecule has 156 valence electrons. The van der Waals surface area contributed by atoms with E-state index in [4.69, 9.17) is 0 Å². The van der Waals surface area contributed by atoms with Crippen molar-refractivity contribution in [3.8, 4) is 0 Å². The topological polar surface area (TPSA) is 90.0 Å². The Morgan fingerprint density at radius 1 is 1.07 bits per heavy atom. The van der Waals surface area contributed by atoms with Gasteiger partial charge in [0, 0.05) is 71.0 Å². The van der Waals surface area contributed by atoms with Gasteiger partial charge in [0.1, 0.15) is 5.82 Å². The summed E-state index contributed by atoms with van der Waals surface area (Å²) in [5, 5.41) is 0. The van der Waals surface area contributed by atoms with Crippen LogP contribution in [-0.2, 0) is 14.8 Å². The van der Waals surface area contributed by atoms with Crippen molar-refractivity contribution in [2.75, 3.05) is 69.4 Å². The molecule has 2 aliphatic heterocycles. The Balaban J connectivity index is 1.56. The van der Waals surface area contributed by atoms with Gasteiger partial charge in [0.25, 0.3) is 0 Å². The van der Waals surface area contributed by atoms with E-state index >= 15 is 0 Å². The SMILES string of the molecule is Cc1cc(N(C)C)nc(N2CCN(C(=O)C3CCN(S(C)(=O)=O)CC3)CC2)n1. The summed E-state index contributed by atoms with van der Waals surface area (Å²) in [5.41, 5.74) is 0.921. The van der Waals surface area contributed by atoms with E-state index in [-0.39, 0.29) is 11.8 Å². The number of piperidine rings is 1. The summed E-state index contributed by atoms with van der Waals surface area (Å²) in [6, 6.07) is 1.95.